The molecule has 2 heterocycles. The topological polar surface area (TPSA) is 105 Å². The molecule has 0 atom stereocenters. The summed E-state index contributed by atoms with van der Waals surface area (Å²) in [5.74, 6) is 0.890. The fraction of sp³-hybridized carbons (Fsp3) is 0.263. The van der Waals surface area contributed by atoms with Crippen LogP contribution in [0, 0.1) is 13.8 Å². The van der Waals surface area contributed by atoms with E-state index in [1.54, 1.807) is 11.0 Å². The number of aromatic nitrogens is 5. The predicted octanol–water partition coefficient (Wildman–Crippen LogP) is 2.51. The molecule has 3 N–H and O–H groups in total. The SMILES string of the molecule is CCNC(=S)/N=C(\Nc1ccc(Cn2cncn2)cc1)Nc1nc(C)cc(C)n1. The first kappa shape index (κ1) is 20.3. The number of aryl methyl sites for hydroxylation is 2. The summed E-state index contributed by atoms with van der Waals surface area (Å²) in [5.41, 5.74) is 3.69. The van der Waals surface area contributed by atoms with Crippen LogP contribution < -0.4 is 16.0 Å². The summed E-state index contributed by atoms with van der Waals surface area (Å²) in [5, 5.41) is 13.9. The van der Waals surface area contributed by atoms with E-state index in [0.717, 1.165) is 22.6 Å². The maximum absolute atomic E-state index is 5.26. The van der Waals surface area contributed by atoms with Crippen LogP contribution in [-0.4, -0.2) is 42.3 Å². The number of nitrogens with zero attached hydrogens (tertiary/aromatic N) is 6. The Morgan fingerprint density at radius 1 is 1.10 bits per heavy atom. The van der Waals surface area contributed by atoms with Crippen molar-refractivity contribution < 1.29 is 0 Å². The summed E-state index contributed by atoms with van der Waals surface area (Å²) >= 11 is 5.26. The van der Waals surface area contributed by atoms with E-state index in [1.807, 2.05) is 51.1 Å². The molecule has 0 bridgehead atoms. The van der Waals surface area contributed by atoms with Gasteiger partial charge in [-0.1, -0.05) is 12.1 Å². The summed E-state index contributed by atoms with van der Waals surface area (Å²) in [6.45, 7) is 7.14. The Labute approximate surface area is 174 Å². The molecule has 0 radical (unpaired) electrons. The minimum absolute atomic E-state index is 0.370. The first-order chi connectivity index (χ1) is 14.0. The molecular weight excluding hydrogens is 386 g/mol. The summed E-state index contributed by atoms with van der Waals surface area (Å²) in [6, 6.07) is 9.85. The zero-order valence-corrected chi connectivity index (χ0v) is 17.4. The summed E-state index contributed by atoms with van der Waals surface area (Å²) in [4.78, 5) is 17.2. The number of benzene rings is 1. The quantitative estimate of drug-likeness (QED) is 0.335. The Hall–Kier alpha value is -3.40. The van der Waals surface area contributed by atoms with Crippen LogP contribution in [0.1, 0.15) is 23.9 Å². The standard InChI is InChI=1S/C19H23N9S/c1-4-21-19(29)27-18(26-17-23-13(2)9-14(3)24-17)25-16-7-5-15(6-8-16)10-28-12-20-11-22-28/h5-9,11-12H,4,10H2,1-3H3,(H3,21,23,24,25,26,27,29). The molecule has 9 nitrogen and oxygen atoms in total. The summed E-state index contributed by atoms with van der Waals surface area (Å²) in [6.07, 6.45) is 3.21. The second-order valence-corrected chi connectivity index (χ2v) is 6.70. The van der Waals surface area contributed by atoms with Crippen molar-refractivity contribution in [2.75, 3.05) is 17.2 Å². The van der Waals surface area contributed by atoms with Crippen LogP contribution in [0.25, 0.3) is 0 Å². The van der Waals surface area contributed by atoms with Crippen LogP contribution in [0.5, 0.6) is 0 Å². The van der Waals surface area contributed by atoms with E-state index >= 15 is 0 Å². The number of anilines is 2. The number of hydrogen-bond donors (Lipinski definition) is 3. The van der Waals surface area contributed by atoms with Crippen molar-refractivity contribution >= 4 is 34.9 Å². The summed E-state index contributed by atoms with van der Waals surface area (Å²) in [7, 11) is 0. The molecule has 3 rings (SSSR count). The molecule has 1 aromatic carbocycles. The zero-order chi connectivity index (χ0) is 20.6. The molecule has 0 fully saturated rings. The lowest BCUT2D eigenvalue weighted by molar-refractivity contribution is 0.685. The third-order valence-corrected chi connectivity index (χ3v) is 4.02. The van der Waals surface area contributed by atoms with Gasteiger partial charge >= 0.3 is 0 Å². The fourth-order valence-electron chi connectivity index (χ4n) is 2.60. The molecule has 10 heteroatoms. The molecule has 0 unspecified atom stereocenters. The van der Waals surface area contributed by atoms with Crippen LogP contribution in [0.4, 0.5) is 11.6 Å². The van der Waals surface area contributed by atoms with Gasteiger partial charge in [0.05, 0.1) is 6.54 Å². The van der Waals surface area contributed by atoms with Gasteiger partial charge in [-0.3, -0.25) is 5.32 Å². The van der Waals surface area contributed by atoms with Gasteiger partial charge in [0.1, 0.15) is 12.7 Å². The Kier molecular flexibility index (Phi) is 6.80. The molecular formula is C19H23N9S. The van der Waals surface area contributed by atoms with E-state index in [-0.39, 0.29) is 0 Å². The fourth-order valence-corrected chi connectivity index (χ4v) is 2.83. The summed E-state index contributed by atoms with van der Waals surface area (Å²) < 4.78 is 1.77. The van der Waals surface area contributed by atoms with Crippen LogP contribution in [-0.2, 0) is 6.54 Å². The van der Waals surface area contributed by atoms with E-state index in [1.165, 1.54) is 6.33 Å². The Balaban J connectivity index is 1.76. The highest BCUT2D eigenvalue weighted by Crippen LogP contribution is 2.12. The number of hydrogen-bond acceptors (Lipinski definition) is 5. The Bertz CT molecular complexity index is 961. The second kappa shape index (κ2) is 9.69. The molecule has 150 valence electrons. The van der Waals surface area contributed by atoms with E-state index in [4.69, 9.17) is 12.2 Å². The molecule has 0 aliphatic carbocycles. The lowest BCUT2D eigenvalue weighted by atomic mass is 10.2. The lowest BCUT2D eigenvalue weighted by Gasteiger charge is -2.13. The first-order valence-corrected chi connectivity index (χ1v) is 9.57. The third kappa shape index (κ3) is 6.32. The van der Waals surface area contributed by atoms with Gasteiger partial charge in [0.2, 0.25) is 11.9 Å². The minimum atomic E-state index is 0.370. The van der Waals surface area contributed by atoms with E-state index in [2.05, 4.69) is 41.0 Å². The van der Waals surface area contributed by atoms with Gasteiger partial charge in [-0.05, 0) is 56.8 Å². The molecule has 0 saturated heterocycles. The van der Waals surface area contributed by atoms with Crippen molar-refractivity contribution in [3.05, 3.63) is 59.9 Å². The Morgan fingerprint density at radius 2 is 1.83 bits per heavy atom. The highest BCUT2D eigenvalue weighted by molar-refractivity contribution is 7.80. The molecule has 3 aromatic rings. The van der Waals surface area contributed by atoms with Crippen LogP contribution in [0.2, 0.25) is 0 Å². The van der Waals surface area contributed by atoms with Gasteiger partial charge in [-0.2, -0.15) is 10.1 Å². The van der Waals surface area contributed by atoms with Crippen molar-refractivity contribution in [1.82, 2.24) is 30.0 Å². The third-order valence-electron chi connectivity index (χ3n) is 3.78. The van der Waals surface area contributed by atoms with Gasteiger partial charge in [0, 0.05) is 23.6 Å². The molecule has 29 heavy (non-hydrogen) atoms. The molecule has 0 saturated carbocycles. The number of aliphatic imine (C=N–C) groups is 1. The van der Waals surface area contributed by atoms with E-state index < -0.39 is 0 Å². The van der Waals surface area contributed by atoms with Gasteiger partial charge in [0.25, 0.3) is 0 Å². The van der Waals surface area contributed by atoms with Gasteiger partial charge in [-0.15, -0.1) is 0 Å². The molecule has 2 aromatic heterocycles. The molecule has 0 spiro atoms. The highest BCUT2D eigenvalue weighted by atomic mass is 32.1. The largest absolute Gasteiger partial charge is 0.361 e. The van der Waals surface area contributed by atoms with Crippen molar-refractivity contribution in [3.63, 3.8) is 0 Å². The van der Waals surface area contributed by atoms with Gasteiger partial charge < -0.3 is 10.6 Å². The maximum atomic E-state index is 5.26. The lowest BCUT2D eigenvalue weighted by Crippen LogP contribution is -2.28. The zero-order valence-electron chi connectivity index (χ0n) is 16.5. The average Bonchev–Trinajstić information content (AvgIpc) is 3.15. The van der Waals surface area contributed by atoms with Crippen LogP contribution >= 0.6 is 12.2 Å². The number of thiocarbonyl (C=S) groups is 1. The van der Waals surface area contributed by atoms with Gasteiger partial charge in [-0.25, -0.2) is 19.6 Å². The van der Waals surface area contributed by atoms with Crippen molar-refractivity contribution in [3.8, 4) is 0 Å². The Morgan fingerprint density at radius 3 is 2.45 bits per heavy atom. The van der Waals surface area contributed by atoms with Crippen LogP contribution in [0.3, 0.4) is 0 Å². The number of nitrogens with one attached hydrogen (secondary N) is 3. The van der Waals surface area contributed by atoms with E-state index in [0.29, 0.717) is 30.1 Å². The average molecular weight is 410 g/mol. The monoisotopic (exact) mass is 409 g/mol. The molecule has 0 amide bonds. The molecule has 0 aliphatic heterocycles. The number of rotatable bonds is 5. The van der Waals surface area contributed by atoms with Crippen molar-refractivity contribution in [2.45, 2.75) is 27.3 Å². The van der Waals surface area contributed by atoms with Crippen molar-refractivity contribution in [1.29, 1.82) is 0 Å². The van der Waals surface area contributed by atoms with E-state index in [9.17, 15) is 0 Å². The van der Waals surface area contributed by atoms with Crippen LogP contribution in [0.15, 0.2) is 48.0 Å². The van der Waals surface area contributed by atoms with Crippen molar-refractivity contribution in [2.24, 2.45) is 4.99 Å². The highest BCUT2D eigenvalue weighted by Gasteiger charge is 2.07. The molecule has 0 aliphatic rings. The van der Waals surface area contributed by atoms with Gasteiger partial charge in [0.15, 0.2) is 5.11 Å². The number of guanidine groups is 1. The first-order valence-electron chi connectivity index (χ1n) is 9.16. The normalized spacial score (nSPS) is 11.2. The smallest absolute Gasteiger partial charge is 0.229 e. The predicted molar refractivity (Wildman–Crippen MR) is 118 cm³/mol. The minimum Gasteiger partial charge on any atom is -0.361 e. The second-order valence-electron chi connectivity index (χ2n) is 6.31. The maximum Gasteiger partial charge on any atom is 0.229 e.